The third-order valence-electron chi connectivity index (χ3n) is 4.29. The molecule has 0 aromatic heterocycles. The molecule has 0 aliphatic carbocycles. The minimum Gasteiger partial charge on any atom is -0.374 e. The molecule has 0 amide bonds. The lowest BCUT2D eigenvalue weighted by Crippen LogP contribution is -2.52. The summed E-state index contributed by atoms with van der Waals surface area (Å²) in [6.07, 6.45) is 4.51. The third kappa shape index (κ3) is 7.11. The van der Waals surface area contributed by atoms with Crippen molar-refractivity contribution in [2.24, 2.45) is 0 Å². The number of rotatable bonds is 13. The van der Waals surface area contributed by atoms with Gasteiger partial charge in [0.1, 0.15) is 9.84 Å². The van der Waals surface area contributed by atoms with Gasteiger partial charge in [0.2, 0.25) is 0 Å². The van der Waals surface area contributed by atoms with Crippen molar-refractivity contribution in [3.8, 4) is 0 Å². The van der Waals surface area contributed by atoms with E-state index in [-0.39, 0.29) is 23.1 Å². The maximum absolute atomic E-state index is 11.7. The summed E-state index contributed by atoms with van der Waals surface area (Å²) in [6, 6.07) is 0.222. The van der Waals surface area contributed by atoms with E-state index in [4.69, 9.17) is 4.74 Å². The molecule has 0 saturated heterocycles. The van der Waals surface area contributed by atoms with Gasteiger partial charge in [0.15, 0.2) is 0 Å². The molecule has 1 unspecified atom stereocenters. The third-order valence-corrected chi connectivity index (χ3v) is 6.08. The number of sulfone groups is 1. The van der Waals surface area contributed by atoms with Crippen LogP contribution in [0.3, 0.4) is 0 Å². The van der Waals surface area contributed by atoms with Gasteiger partial charge in [0, 0.05) is 18.4 Å². The molecule has 0 fully saturated rings. The summed E-state index contributed by atoms with van der Waals surface area (Å²) in [4.78, 5) is 0. The van der Waals surface area contributed by atoms with Crippen molar-refractivity contribution in [1.82, 2.24) is 5.32 Å². The predicted octanol–water partition coefficient (Wildman–Crippen LogP) is 3.16. The second-order valence-electron chi connectivity index (χ2n) is 5.59. The van der Waals surface area contributed by atoms with E-state index in [1.165, 1.54) is 0 Å². The molecule has 128 valence electrons. The number of hydrogen-bond donors (Lipinski definition) is 1. The number of nitrogens with one attached hydrogen (secondary N) is 1. The molecule has 5 heteroatoms. The minimum absolute atomic E-state index is 0.181. The average Bonchev–Trinajstić information content (AvgIpc) is 2.48. The predicted molar refractivity (Wildman–Crippen MR) is 90.6 cm³/mol. The highest BCUT2D eigenvalue weighted by Gasteiger charge is 2.35. The van der Waals surface area contributed by atoms with Gasteiger partial charge >= 0.3 is 0 Å². The van der Waals surface area contributed by atoms with Crippen molar-refractivity contribution in [1.29, 1.82) is 0 Å². The first kappa shape index (κ1) is 20.9. The smallest absolute Gasteiger partial charge is 0.150 e. The van der Waals surface area contributed by atoms with Gasteiger partial charge in [-0.05, 0) is 45.6 Å². The summed E-state index contributed by atoms with van der Waals surface area (Å²) >= 11 is 0. The molecule has 0 saturated carbocycles. The van der Waals surface area contributed by atoms with Crippen molar-refractivity contribution in [2.45, 2.75) is 78.4 Å². The van der Waals surface area contributed by atoms with Crippen molar-refractivity contribution < 1.29 is 13.2 Å². The lowest BCUT2D eigenvalue weighted by molar-refractivity contribution is -0.0737. The first-order chi connectivity index (χ1) is 9.91. The van der Waals surface area contributed by atoms with Crippen LogP contribution in [-0.2, 0) is 14.6 Å². The van der Waals surface area contributed by atoms with Crippen LogP contribution in [0.1, 0.15) is 66.7 Å². The highest BCUT2D eigenvalue weighted by molar-refractivity contribution is 7.91. The van der Waals surface area contributed by atoms with Crippen molar-refractivity contribution >= 4 is 9.84 Å². The molecule has 0 aromatic rings. The summed E-state index contributed by atoms with van der Waals surface area (Å²) in [5.74, 6) is 0.516. The maximum Gasteiger partial charge on any atom is 0.150 e. The first-order valence-corrected chi connectivity index (χ1v) is 10.3. The maximum atomic E-state index is 11.7. The molecule has 0 radical (unpaired) electrons. The summed E-state index contributed by atoms with van der Waals surface area (Å²) < 4.78 is 29.4. The Balaban J connectivity index is 4.82. The van der Waals surface area contributed by atoms with Gasteiger partial charge in [-0.1, -0.05) is 27.7 Å². The van der Waals surface area contributed by atoms with Gasteiger partial charge in [-0.15, -0.1) is 0 Å². The fourth-order valence-electron chi connectivity index (χ4n) is 2.86. The molecular formula is C16H35NO3S. The van der Waals surface area contributed by atoms with Crippen LogP contribution in [0.2, 0.25) is 0 Å². The van der Waals surface area contributed by atoms with E-state index in [9.17, 15) is 8.42 Å². The van der Waals surface area contributed by atoms with Gasteiger partial charge in [-0.25, -0.2) is 8.42 Å². The van der Waals surface area contributed by atoms with Crippen LogP contribution >= 0.6 is 0 Å². The Bertz CT molecular complexity index is 351. The molecule has 1 N–H and O–H groups in total. The molecule has 0 spiro atoms. The summed E-state index contributed by atoms with van der Waals surface area (Å²) in [5.41, 5.74) is -0.181. The van der Waals surface area contributed by atoms with E-state index < -0.39 is 9.84 Å². The quantitative estimate of drug-likeness (QED) is 0.566. The first-order valence-electron chi connectivity index (χ1n) is 8.49. The molecule has 0 aliphatic heterocycles. The van der Waals surface area contributed by atoms with Crippen molar-refractivity contribution in [3.63, 3.8) is 0 Å². The lowest BCUT2D eigenvalue weighted by atomic mass is 9.85. The molecule has 0 aromatic carbocycles. The zero-order valence-electron chi connectivity index (χ0n) is 14.6. The zero-order valence-corrected chi connectivity index (χ0v) is 15.4. The fourth-order valence-corrected chi connectivity index (χ4v) is 3.75. The van der Waals surface area contributed by atoms with Crippen LogP contribution in [0.4, 0.5) is 0 Å². The highest BCUT2D eigenvalue weighted by atomic mass is 32.2. The molecule has 0 bridgehead atoms. The summed E-state index contributed by atoms with van der Waals surface area (Å²) in [6.45, 7) is 11.8. The Morgan fingerprint density at radius 2 is 1.71 bits per heavy atom. The highest BCUT2D eigenvalue weighted by Crippen LogP contribution is 2.28. The lowest BCUT2D eigenvalue weighted by Gasteiger charge is -2.40. The number of hydrogen-bond acceptors (Lipinski definition) is 4. The van der Waals surface area contributed by atoms with E-state index in [0.717, 1.165) is 32.2 Å². The van der Waals surface area contributed by atoms with Crippen LogP contribution in [0.25, 0.3) is 0 Å². The van der Waals surface area contributed by atoms with E-state index in [1.807, 2.05) is 6.92 Å². The Morgan fingerprint density at radius 1 is 1.10 bits per heavy atom. The Kier molecular flexibility index (Phi) is 10.5. The summed E-state index contributed by atoms with van der Waals surface area (Å²) in [7, 11) is -2.88. The zero-order chi connectivity index (χ0) is 16.4. The van der Waals surface area contributed by atoms with Crippen molar-refractivity contribution in [2.75, 3.05) is 24.7 Å². The van der Waals surface area contributed by atoms with Crippen LogP contribution in [0.15, 0.2) is 0 Å². The van der Waals surface area contributed by atoms with Gasteiger partial charge in [-0.2, -0.15) is 0 Å². The van der Waals surface area contributed by atoms with E-state index in [1.54, 1.807) is 6.92 Å². The Morgan fingerprint density at radius 3 is 2.14 bits per heavy atom. The molecule has 4 nitrogen and oxygen atoms in total. The second-order valence-corrected chi connectivity index (χ2v) is 8.06. The molecule has 0 aliphatic rings. The fraction of sp³-hybridized carbons (Fsp3) is 1.00. The second kappa shape index (κ2) is 10.6. The monoisotopic (exact) mass is 321 g/mol. The van der Waals surface area contributed by atoms with Crippen LogP contribution in [-0.4, -0.2) is 44.7 Å². The molecular weight excluding hydrogens is 286 g/mol. The largest absolute Gasteiger partial charge is 0.374 e. The van der Waals surface area contributed by atoms with Crippen LogP contribution in [0, 0.1) is 0 Å². The van der Waals surface area contributed by atoms with E-state index >= 15 is 0 Å². The van der Waals surface area contributed by atoms with Crippen LogP contribution < -0.4 is 5.32 Å². The molecule has 0 rings (SSSR count). The SMILES string of the molecule is CCCNC(CCCS(=O)(=O)CC)C(CC)(CC)OCC. The molecule has 1 atom stereocenters. The molecule has 21 heavy (non-hydrogen) atoms. The van der Waals surface area contributed by atoms with Crippen LogP contribution in [0.5, 0.6) is 0 Å². The van der Waals surface area contributed by atoms with Gasteiger partial charge in [0.05, 0.1) is 11.4 Å². The van der Waals surface area contributed by atoms with Gasteiger partial charge in [-0.3, -0.25) is 0 Å². The number of ether oxygens (including phenoxy) is 1. The Hall–Kier alpha value is -0.130. The molecule has 0 heterocycles. The van der Waals surface area contributed by atoms with E-state index in [2.05, 4.69) is 26.1 Å². The normalized spacial score (nSPS) is 14.3. The van der Waals surface area contributed by atoms with E-state index in [0.29, 0.717) is 13.0 Å². The standard InChI is InChI=1S/C16H35NO3S/c1-6-13-17-15(12-11-14-21(18,19)10-5)16(7-2,8-3)20-9-4/h15,17H,6-14H2,1-5H3. The van der Waals surface area contributed by atoms with Crippen molar-refractivity contribution in [3.05, 3.63) is 0 Å². The Labute approximate surface area is 132 Å². The topological polar surface area (TPSA) is 55.4 Å². The summed E-state index contributed by atoms with van der Waals surface area (Å²) in [5, 5.41) is 3.58. The average molecular weight is 322 g/mol. The van der Waals surface area contributed by atoms with Gasteiger partial charge < -0.3 is 10.1 Å². The van der Waals surface area contributed by atoms with Gasteiger partial charge in [0.25, 0.3) is 0 Å². The minimum atomic E-state index is -2.88.